The summed E-state index contributed by atoms with van der Waals surface area (Å²) in [5.41, 5.74) is 0. The fraction of sp³-hybridized carbons (Fsp3) is 0.833. The number of hydrogen-bond donors (Lipinski definition) is 1. The van der Waals surface area contributed by atoms with Crippen LogP contribution in [0.5, 0.6) is 0 Å². The molecule has 4 nitrogen and oxygen atoms in total. The van der Waals surface area contributed by atoms with Gasteiger partial charge in [-0.1, -0.05) is 13.3 Å². The maximum absolute atomic E-state index is 11.5. The highest BCUT2D eigenvalue weighted by Crippen LogP contribution is 2.29. The van der Waals surface area contributed by atoms with Gasteiger partial charge in [0.2, 0.25) is 5.91 Å². The van der Waals surface area contributed by atoms with Gasteiger partial charge in [-0.3, -0.25) is 9.69 Å². The van der Waals surface area contributed by atoms with Crippen molar-refractivity contribution < 1.29 is 4.79 Å². The number of nitrogens with zero attached hydrogens (tertiary/aromatic N) is 2. The van der Waals surface area contributed by atoms with Gasteiger partial charge < -0.3 is 5.32 Å². The molecule has 1 fully saturated rings. The first kappa shape index (κ1) is 13.0. The molecule has 1 rings (SSSR count). The zero-order valence-electron chi connectivity index (χ0n) is 10.2. The van der Waals surface area contributed by atoms with Crippen LogP contribution in [0.3, 0.4) is 0 Å². The van der Waals surface area contributed by atoms with E-state index in [0.29, 0.717) is 13.1 Å². The standard InChI is InChI=1S/C12H21N3O/c1-3-14-12(16)9-15(4-2)11-7-5-6-10(11)8-13/h10-11H,3-7,9H2,1-2H3,(H,14,16). The average molecular weight is 223 g/mol. The van der Waals surface area contributed by atoms with E-state index in [1.165, 1.54) is 0 Å². The fourth-order valence-electron chi connectivity index (χ4n) is 2.43. The van der Waals surface area contributed by atoms with Crippen LogP contribution in [0.2, 0.25) is 0 Å². The molecule has 1 aliphatic carbocycles. The molecule has 1 N–H and O–H groups in total. The summed E-state index contributed by atoms with van der Waals surface area (Å²) in [5.74, 6) is 0.169. The summed E-state index contributed by atoms with van der Waals surface area (Å²) in [4.78, 5) is 13.7. The van der Waals surface area contributed by atoms with Gasteiger partial charge in [0.25, 0.3) is 0 Å². The molecular formula is C12H21N3O. The Morgan fingerprint density at radius 2 is 2.25 bits per heavy atom. The second kappa shape index (κ2) is 6.49. The molecule has 2 unspecified atom stereocenters. The third-order valence-corrected chi connectivity index (χ3v) is 3.24. The van der Waals surface area contributed by atoms with Gasteiger partial charge in [0.15, 0.2) is 0 Å². The maximum Gasteiger partial charge on any atom is 0.234 e. The highest BCUT2D eigenvalue weighted by Gasteiger charge is 2.32. The largest absolute Gasteiger partial charge is 0.355 e. The molecule has 0 aromatic rings. The molecule has 0 heterocycles. The number of hydrogen-bond acceptors (Lipinski definition) is 3. The van der Waals surface area contributed by atoms with Crippen LogP contribution in [-0.2, 0) is 4.79 Å². The molecule has 0 spiro atoms. The minimum absolute atomic E-state index is 0.0629. The third kappa shape index (κ3) is 3.21. The van der Waals surface area contributed by atoms with Gasteiger partial charge in [-0.05, 0) is 26.3 Å². The van der Waals surface area contributed by atoms with E-state index in [9.17, 15) is 4.79 Å². The predicted molar refractivity (Wildman–Crippen MR) is 62.7 cm³/mol. The Morgan fingerprint density at radius 3 is 2.81 bits per heavy atom. The summed E-state index contributed by atoms with van der Waals surface area (Å²) in [6.07, 6.45) is 3.13. The molecule has 0 aromatic heterocycles. The summed E-state index contributed by atoms with van der Waals surface area (Å²) >= 11 is 0. The van der Waals surface area contributed by atoms with E-state index in [1.807, 2.05) is 13.8 Å². The second-order valence-corrected chi connectivity index (χ2v) is 4.25. The van der Waals surface area contributed by atoms with Gasteiger partial charge in [-0.2, -0.15) is 5.26 Å². The monoisotopic (exact) mass is 223 g/mol. The molecule has 1 aliphatic rings. The van der Waals surface area contributed by atoms with Crippen molar-refractivity contribution >= 4 is 5.91 Å². The Balaban J connectivity index is 2.53. The Morgan fingerprint density at radius 1 is 1.50 bits per heavy atom. The number of nitriles is 1. The van der Waals surface area contributed by atoms with Crippen LogP contribution in [0.15, 0.2) is 0 Å². The van der Waals surface area contributed by atoms with Gasteiger partial charge in [0.1, 0.15) is 0 Å². The van der Waals surface area contributed by atoms with Gasteiger partial charge >= 0.3 is 0 Å². The van der Waals surface area contributed by atoms with Gasteiger partial charge in [-0.25, -0.2) is 0 Å². The minimum Gasteiger partial charge on any atom is -0.355 e. The Bertz CT molecular complexity index is 272. The van der Waals surface area contributed by atoms with E-state index in [-0.39, 0.29) is 17.9 Å². The number of rotatable bonds is 5. The van der Waals surface area contributed by atoms with E-state index in [1.54, 1.807) is 0 Å². The van der Waals surface area contributed by atoms with Crippen molar-refractivity contribution in [3.8, 4) is 6.07 Å². The van der Waals surface area contributed by atoms with Crippen molar-refractivity contribution in [2.75, 3.05) is 19.6 Å². The summed E-state index contributed by atoms with van der Waals surface area (Å²) in [6.45, 7) is 5.89. The van der Waals surface area contributed by atoms with Crippen LogP contribution < -0.4 is 5.32 Å². The van der Waals surface area contributed by atoms with E-state index < -0.39 is 0 Å². The molecule has 1 saturated carbocycles. The number of nitrogens with one attached hydrogen (secondary N) is 1. The van der Waals surface area contributed by atoms with Gasteiger partial charge in [0, 0.05) is 12.6 Å². The molecule has 16 heavy (non-hydrogen) atoms. The van der Waals surface area contributed by atoms with Gasteiger partial charge in [-0.15, -0.1) is 0 Å². The first-order valence-electron chi connectivity index (χ1n) is 6.13. The quantitative estimate of drug-likeness (QED) is 0.760. The van der Waals surface area contributed by atoms with Crippen molar-refractivity contribution in [1.82, 2.24) is 10.2 Å². The summed E-state index contributed by atoms with van der Waals surface area (Å²) in [5, 5.41) is 11.8. The van der Waals surface area contributed by atoms with Crippen molar-refractivity contribution in [3.63, 3.8) is 0 Å². The molecule has 4 heteroatoms. The highest BCUT2D eigenvalue weighted by molar-refractivity contribution is 5.77. The summed E-state index contributed by atoms with van der Waals surface area (Å²) < 4.78 is 0. The number of amides is 1. The van der Waals surface area contributed by atoms with E-state index >= 15 is 0 Å². The lowest BCUT2D eigenvalue weighted by Gasteiger charge is -2.28. The Labute approximate surface area is 97.6 Å². The Kier molecular flexibility index (Phi) is 5.27. The first-order chi connectivity index (χ1) is 7.72. The lowest BCUT2D eigenvalue weighted by molar-refractivity contribution is -0.122. The predicted octanol–water partition coefficient (Wildman–Crippen LogP) is 1.14. The molecule has 1 amide bonds. The number of likely N-dealkylation sites (N-methyl/N-ethyl adjacent to an activating group) is 2. The summed E-state index contributed by atoms with van der Waals surface area (Å²) in [6, 6.07) is 2.64. The lowest BCUT2D eigenvalue weighted by Crippen LogP contribution is -2.44. The molecule has 0 radical (unpaired) electrons. The van der Waals surface area contributed by atoms with Crippen LogP contribution in [0, 0.1) is 17.2 Å². The van der Waals surface area contributed by atoms with Crippen molar-refractivity contribution in [2.45, 2.75) is 39.2 Å². The molecule has 0 saturated heterocycles. The van der Waals surface area contributed by atoms with Crippen LogP contribution in [-0.4, -0.2) is 36.5 Å². The smallest absolute Gasteiger partial charge is 0.234 e. The van der Waals surface area contributed by atoms with Crippen molar-refractivity contribution in [3.05, 3.63) is 0 Å². The normalized spacial score (nSPS) is 24.4. The fourth-order valence-corrected chi connectivity index (χ4v) is 2.43. The van der Waals surface area contributed by atoms with Crippen LogP contribution in [0.1, 0.15) is 33.1 Å². The number of carbonyl (C=O) groups excluding carboxylic acids is 1. The first-order valence-corrected chi connectivity index (χ1v) is 6.13. The topological polar surface area (TPSA) is 56.1 Å². The SMILES string of the molecule is CCNC(=O)CN(CC)C1CCCC1C#N. The maximum atomic E-state index is 11.5. The zero-order valence-corrected chi connectivity index (χ0v) is 10.2. The molecule has 0 aromatic carbocycles. The molecule has 2 atom stereocenters. The van der Waals surface area contributed by atoms with Crippen LogP contribution in [0.4, 0.5) is 0 Å². The van der Waals surface area contributed by atoms with E-state index in [4.69, 9.17) is 5.26 Å². The molecule has 0 aliphatic heterocycles. The molecule has 90 valence electrons. The van der Waals surface area contributed by atoms with Crippen LogP contribution >= 0.6 is 0 Å². The van der Waals surface area contributed by atoms with Crippen molar-refractivity contribution in [1.29, 1.82) is 5.26 Å². The lowest BCUT2D eigenvalue weighted by atomic mass is 10.0. The summed E-state index contributed by atoms with van der Waals surface area (Å²) in [7, 11) is 0. The van der Waals surface area contributed by atoms with E-state index in [2.05, 4.69) is 16.3 Å². The highest BCUT2D eigenvalue weighted by atomic mass is 16.2. The van der Waals surface area contributed by atoms with Gasteiger partial charge in [0.05, 0.1) is 18.5 Å². The third-order valence-electron chi connectivity index (χ3n) is 3.24. The average Bonchev–Trinajstić information content (AvgIpc) is 2.74. The van der Waals surface area contributed by atoms with Crippen LogP contribution in [0.25, 0.3) is 0 Å². The van der Waals surface area contributed by atoms with Crippen molar-refractivity contribution in [2.24, 2.45) is 5.92 Å². The Hall–Kier alpha value is -1.08. The minimum atomic E-state index is 0.0629. The molecule has 0 bridgehead atoms. The number of carbonyl (C=O) groups is 1. The molecular weight excluding hydrogens is 202 g/mol. The second-order valence-electron chi connectivity index (χ2n) is 4.25. The van der Waals surface area contributed by atoms with E-state index in [0.717, 1.165) is 25.8 Å². The zero-order chi connectivity index (χ0) is 12.0.